The molecule has 0 saturated heterocycles. The van der Waals surface area contributed by atoms with Crippen molar-refractivity contribution in [3.05, 3.63) is 131 Å². The Bertz CT molecular complexity index is 2470. The van der Waals surface area contributed by atoms with Crippen molar-refractivity contribution < 1.29 is 147 Å². The number of carbonyl (C=O) groups is 1. The van der Waals surface area contributed by atoms with Gasteiger partial charge in [-0.3, -0.25) is 4.79 Å². The number of benzene rings is 6. The van der Waals surface area contributed by atoms with E-state index >= 15 is 0 Å². The summed E-state index contributed by atoms with van der Waals surface area (Å²) in [5, 5.41) is 32.7. The monoisotopic (exact) mass is 764 g/mol. The molecular weight excluding hydrogens is 743 g/mol. The van der Waals surface area contributed by atoms with Crippen molar-refractivity contribution in [2.45, 2.75) is 0 Å². The number of halogens is 4. The van der Waals surface area contributed by atoms with Gasteiger partial charge in [-0.05, 0) is 36.4 Å². The number of aromatic hydroxyl groups is 2. The molecule has 0 aliphatic carbocycles. The number of hydrogen-bond donors (Lipinski definition) is 2. The molecule has 7 nitrogen and oxygen atoms in total. The maximum atomic E-state index is 14.6. The number of rotatable bonds is 3. The first-order chi connectivity index (χ1) is 23.2. The second-order valence-electron chi connectivity index (χ2n) is 10.3. The Kier molecular flexibility index (Phi) is 14.5. The van der Waals surface area contributed by atoms with Crippen LogP contribution < -0.4 is 108 Å². The van der Waals surface area contributed by atoms with Crippen LogP contribution in [0.1, 0.15) is 1.43 Å². The number of fused-ring (bicyclic) bond motifs is 7. The first-order valence-corrected chi connectivity index (χ1v) is 14.9. The van der Waals surface area contributed by atoms with Crippen LogP contribution in [-0.2, 0) is 9.68 Å². The van der Waals surface area contributed by atoms with Crippen LogP contribution in [0.15, 0.2) is 118 Å². The van der Waals surface area contributed by atoms with Crippen molar-refractivity contribution in [3.63, 3.8) is 0 Å². The fourth-order valence-corrected chi connectivity index (χ4v) is 6.03. The summed E-state index contributed by atoms with van der Waals surface area (Å²) in [5.74, 6) is -2.72. The van der Waals surface area contributed by atoms with Crippen molar-refractivity contribution >= 4 is 73.6 Å². The zero-order valence-corrected chi connectivity index (χ0v) is 34.2. The molecule has 0 spiro atoms. The molecule has 0 atom stereocenters. The Morgan fingerprint density at radius 1 is 0.640 bits per heavy atom. The molecule has 0 unspecified atom stereocenters. The molecule has 2 heterocycles. The Morgan fingerprint density at radius 2 is 1.14 bits per heavy atom. The maximum absolute atomic E-state index is 14.6. The van der Waals surface area contributed by atoms with Gasteiger partial charge in [-0.1, -0.05) is 96.0 Å². The summed E-state index contributed by atoms with van der Waals surface area (Å²) in [4.78, 5) is 11.2. The van der Waals surface area contributed by atoms with Crippen LogP contribution in [-0.4, -0.2) is 16.7 Å². The van der Waals surface area contributed by atoms with E-state index < -0.39 is 11.6 Å². The summed E-state index contributed by atoms with van der Waals surface area (Å²) >= 11 is 12.6. The molecule has 0 amide bonds. The smallest absolute Gasteiger partial charge is 1.00 e. The number of phenols is 2. The van der Waals surface area contributed by atoms with E-state index in [0.29, 0.717) is 5.02 Å². The van der Waals surface area contributed by atoms with E-state index in [1.165, 1.54) is 30.3 Å². The van der Waals surface area contributed by atoms with Gasteiger partial charge in [0.1, 0.15) is 22.7 Å². The van der Waals surface area contributed by atoms with Gasteiger partial charge in [-0.2, -0.15) is 0 Å². The number of carbonyl (C=O) groups excluding carboxylic acids is 1. The van der Waals surface area contributed by atoms with E-state index in [9.17, 15) is 19.0 Å². The zero-order valence-electron chi connectivity index (χ0n) is 27.4. The van der Waals surface area contributed by atoms with Gasteiger partial charge in [0.05, 0.1) is 15.4 Å². The van der Waals surface area contributed by atoms with E-state index in [0.717, 1.165) is 43.9 Å². The van der Waals surface area contributed by atoms with Crippen molar-refractivity contribution in [2.75, 3.05) is 0 Å². The molecule has 2 N–H and O–H groups in total. The van der Waals surface area contributed by atoms with Gasteiger partial charge in [-0.25, -0.2) is 8.78 Å². The van der Waals surface area contributed by atoms with E-state index in [1.807, 2.05) is 54.6 Å². The first-order valence-electron chi connectivity index (χ1n) is 14.1. The van der Waals surface area contributed by atoms with E-state index in [4.69, 9.17) is 42.1 Å². The minimum Gasteiger partial charge on any atom is -1.00 e. The summed E-state index contributed by atoms with van der Waals surface area (Å²) in [6.45, 7) is -0.181. The first kappa shape index (κ1) is 40.4. The Labute approximate surface area is 379 Å². The predicted molar refractivity (Wildman–Crippen MR) is 180 cm³/mol. The Morgan fingerprint density at radius 3 is 1.74 bits per heavy atom. The number of phenolic OH excluding ortho intramolecular Hbond substituents is 2. The van der Waals surface area contributed by atoms with Gasteiger partial charge in [0.15, 0.2) is 22.8 Å². The molecule has 6 aromatic carbocycles. The third-order valence-electron chi connectivity index (χ3n) is 7.51. The molecule has 242 valence electrons. The van der Waals surface area contributed by atoms with Gasteiger partial charge in [0, 0.05) is 38.4 Å². The third kappa shape index (κ3) is 8.01. The number of hydrogen-bond acceptors (Lipinski definition) is 7. The molecule has 0 radical (unpaired) electrons. The van der Waals surface area contributed by atoms with Crippen molar-refractivity contribution in [2.24, 2.45) is 0 Å². The van der Waals surface area contributed by atoms with Crippen LogP contribution in [0.25, 0.3) is 66.1 Å². The normalized spacial score (nSPS) is 10.4. The Hall–Kier alpha value is -2.34. The van der Waals surface area contributed by atoms with Gasteiger partial charge < -0.3 is 30.6 Å². The Balaban J connectivity index is 0.000000237. The largest absolute Gasteiger partial charge is 1.00 e. The third-order valence-corrected chi connectivity index (χ3v) is 8.11. The average molecular weight is 766 g/mol. The minimum atomic E-state index is -1.18. The van der Waals surface area contributed by atoms with Crippen LogP contribution in [0.4, 0.5) is 8.78 Å². The van der Waals surface area contributed by atoms with Crippen molar-refractivity contribution in [1.29, 1.82) is 0 Å². The molecule has 0 fully saturated rings. The van der Waals surface area contributed by atoms with Gasteiger partial charge >= 0.3 is 103 Å². The molecular formula is C37H22Cl2F2K2O7. The fraction of sp³-hybridized carbons (Fsp3) is 0. The topological polar surface area (TPSA) is 116 Å². The van der Waals surface area contributed by atoms with Gasteiger partial charge in [-0.15, -0.1) is 0 Å². The zero-order chi connectivity index (χ0) is 33.9. The predicted octanol–water partition coefficient (Wildman–Crippen LogP) is 4.06. The molecule has 2 aromatic heterocycles. The average Bonchev–Trinajstić information content (AvgIpc) is 3.67. The molecule has 0 aliphatic rings. The summed E-state index contributed by atoms with van der Waals surface area (Å²) in [5.41, 5.74) is 3.00. The van der Waals surface area contributed by atoms with Crippen LogP contribution >= 0.6 is 23.2 Å². The van der Waals surface area contributed by atoms with Crippen LogP contribution in [0.3, 0.4) is 0 Å². The summed E-state index contributed by atoms with van der Waals surface area (Å²) in [7, 11) is 0. The second-order valence-corrected chi connectivity index (χ2v) is 11.1. The fourth-order valence-electron chi connectivity index (χ4n) is 5.44. The van der Waals surface area contributed by atoms with E-state index in [2.05, 4.69) is 4.89 Å². The van der Waals surface area contributed by atoms with Gasteiger partial charge in [0.25, 0.3) is 6.47 Å². The quantitative estimate of drug-likeness (QED) is 0.0918. The summed E-state index contributed by atoms with van der Waals surface area (Å²) in [6, 6.07) is 31.0. The SMILES string of the molecule is Clc1cc2c3ccccc3oc2c2oc3ccccc3c12.O=CO[O-].Oc1ccccc1-c1cc(Cl)c(-c2ccccc2O)c(F)c1F.[H-].[K+].[K+]. The van der Waals surface area contributed by atoms with Gasteiger partial charge in [0.2, 0.25) is 0 Å². The summed E-state index contributed by atoms with van der Waals surface area (Å²) in [6.07, 6.45) is 0. The second kappa shape index (κ2) is 17.9. The standard InChI is InChI=1S/C18H11ClF2O2.C18H9ClO2.CH2O3.2K.H/c19-13-9-12(10-5-1-3-7-14(10)22)17(20)18(21)16(13)11-6-2-4-8-15(11)23;19-13-9-12-10-5-1-3-7-14(10)20-17(12)18-16(13)11-6-2-4-8-15(11)21-18;2-1-4-3;;;/h1-9,22-23H;1-9H;1,3H;;;/q;;;2*+1;-1/p-1. The molecule has 0 aliphatic heterocycles. The van der Waals surface area contributed by atoms with E-state index in [-0.39, 0.29) is 149 Å². The number of para-hydroxylation sites is 4. The molecule has 0 saturated carbocycles. The molecule has 0 bridgehead atoms. The molecule has 50 heavy (non-hydrogen) atoms. The van der Waals surface area contributed by atoms with Crippen molar-refractivity contribution in [3.8, 4) is 33.8 Å². The van der Waals surface area contributed by atoms with Crippen LogP contribution in [0.5, 0.6) is 11.5 Å². The van der Waals surface area contributed by atoms with Crippen molar-refractivity contribution in [1.82, 2.24) is 0 Å². The van der Waals surface area contributed by atoms with Crippen LogP contribution in [0, 0.1) is 11.6 Å². The molecule has 8 rings (SSSR count). The molecule has 13 heteroatoms. The van der Waals surface area contributed by atoms with E-state index in [1.54, 1.807) is 24.3 Å². The maximum Gasteiger partial charge on any atom is 1.00 e. The molecule has 8 aromatic rings. The summed E-state index contributed by atoms with van der Waals surface area (Å²) < 4.78 is 41.0. The minimum absolute atomic E-state index is 0. The van der Waals surface area contributed by atoms with Crippen LogP contribution in [0.2, 0.25) is 10.0 Å². The number of furan rings is 2.